The van der Waals surface area contributed by atoms with E-state index in [-0.39, 0.29) is 0 Å². The van der Waals surface area contributed by atoms with Crippen LogP contribution in [0.2, 0.25) is 0 Å². The van der Waals surface area contributed by atoms with Crippen LogP contribution in [-0.4, -0.2) is 6.54 Å². The van der Waals surface area contributed by atoms with Crippen molar-refractivity contribution in [1.82, 2.24) is 5.32 Å². The highest BCUT2D eigenvalue weighted by Crippen LogP contribution is 2.22. The quantitative estimate of drug-likeness (QED) is 0.726. The summed E-state index contributed by atoms with van der Waals surface area (Å²) < 4.78 is 0. The highest BCUT2D eigenvalue weighted by atomic mass is 14.9. The summed E-state index contributed by atoms with van der Waals surface area (Å²) in [5.74, 6) is 0. The second kappa shape index (κ2) is 4.85. The Balaban J connectivity index is 2.35. The maximum Gasteiger partial charge on any atom is 0.102 e. The first-order valence-electron chi connectivity index (χ1n) is 5.75. The Kier molecular flexibility index (Phi) is 3.26. The molecule has 0 atom stereocenters. The molecule has 1 N–H and O–H groups in total. The topological polar surface area (TPSA) is 35.8 Å². The van der Waals surface area contributed by atoms with E-state index >= 15 is 0 Å². The van der Waals surface area contributed by atoms with Crippen LogP contribution in [0, 0.1) is 18.3 Å². The van der Waals surface area contributed by atoms with Gasteiger partial charge in [0.2, 0.25) is 0 Å². The first-order chi connectivity index (χ1) is 7.81. The molecule has 1 saturated heterocycles. The van der Waals surface area contributed by atoms with E-state index in [1.54, 1.807) is 0 Å². The number of nitrogens with one attached hydrogen (secondary N) is 1. The van der Waals surface area contributed by atoms with Gasteiger partial charge in [-0.3, -0.25) is 0 Å². The van der Waals surface area contributed by atoms with Gasteiger partial charge < -0.3 is 5.32 Å². The number of hydrogen-bond donors (Lipinski definition) is 1. The van der Waals surface area contributed by atoms with Crippen molar-refractivity contribution in [3.05, 3.63) is 41.1 Å². The van der Waals surface area contributed by atoms with Gasteiger partial charge in [-0.1, -0.05) is 29.8 Å². The van der Waals surface area contributed by atoms with Gasteiger partial charge in [0, 0.05) is 12.2 Å². The normalized spacial score (nSPS) is 18.5. The van der Waals surface area contributed by atoms with Crippen molar-refractivity contribution in [3.8, 4) is 6.07 Å². The highest BCUT2D eigenvalue weighted by Gasteiger charge is 2.11. The lowest BCUT2D eigenvalue weighted by atomic mass is 9.99. The van der Waals surface area contributed by atoms with Crippen molar-refractivity contribution in [2.24, 2.45) is 0 Å². The molecule has 0 radical (unpaired) electrons. The Morgan fingerprint density at radius 1 is 1.25 bits per heavy atom. The molecule has 0 unspecified atom stereocenters. The van der Waals surface area contributed by atoms with Crippen molar-refractivity contribution in [1.29, 1.82) is 5.26 Å². The van der Waals surface area contributed by atoms with Crippen LogP contribution in [-0.2, 0) is 0 Å². The molecular formula is C14H16N2. The fraction of sp³-hybridized carbons (Fsp3) is 0.357. The predicted octanol–water partition coefficient (Wildman–Crippen LogP) is 3.00. The molecule has 2 nitrogen and oxygen atoms in total. The maximum absolute atomic E-state index is 9.25. The molecule has 0 spiro atoms. The Morgan fingerprint density at radius 2 is 2.00 bits per heavy atom. The summed E-state index contributed by atoms with van der Waals surface area (Å²) in [6.45, 7) is 3.05. The van der Waals surface area contributed by atoms with Crippen molar-refractivity contribution in [2.45, 2.75) is 26.2 Å². The van der Waals surface area contributed by atoms with Crippen LogP contribution in [0.4, 0.5) is 0 Å². The first kappa shape index (κ1) is 10.8. The molecule has 1 aromatic carbocycles. The number of aryl methyl sites for hydroxylation is 1. The van der Waals surface area contributed by atoms with Crippen LogP contribution in [0.25, 0.3) is 5.57 Å². The summed E-state index contributed by atoms with van der Waals surface area (Å²) in [5.41, 5.74) is 4.16. The third kappa shape index (κ3) is 2.25. The summed E-state index contributed by atoms with van der Waals surface area (Å²) >= 11 is 0. The van der Waals surface area contributed by atoms with E-state index in [0.29, 0.717) is 0 Å². The molecule has 2 heteroatoms. The minimum atomic E-state index is 0.805. The Morgan fingerprint density at radius 3 is 2.56 bits per heavy atom. The Hall–Kier alpha value is -1.75. The number of benzene rings is 1. The minimum Gasteiger partial charge on any atom is -0.387 e. The van der Waals surface area contributed by atoms with Gasteiger partial charge >= 0.3 is 0 Å². The zero-order valence-corrected chi connectivity index (χ0v) is 9.59. The third-order valence-electron chi connectivity index (χ3n) is 2.95. The van der Waals surface area contributed by atoms with Crippen LogP contribution in [0.15, 0.2) is 30.0 Å². The number of rotatable bonds is 1. The second-order valence-electron chi connectivity index (χ2n) is 4.22. The molecule has 1 fully saturated rings. The van der Waals surface area contributed by atoms with Gasteiger partial charge in [-0.15, -0.1) is 0 Å². The summed E-state index contributed by atoms with van der Waals surface area (Å²) in [6.07, 6.45) is 3.38. The predicted molar refractivity (Wildman–Crippen MR) is 65.6 cm³/mol. The Bertz CT molecular complexity index is 427. The molecule has 0 amide bonds. The van der Waals surface area contributed by atoms with E-state index in [1.165, 1.54) is 18.4 Å². The van der Waals surface area contributed by atoms with E-state index in [1.807, 2.05) is 12.1 Å². The molecule has 16 heavy (non-hydrogen) atoms. The Labute approximate surface area is 96.6 Å². The van der Waals surface area contributed by atoms with Gasteiger partial charge in [-0.05, 0) is 31.7 Å². The molecule has 82 valence electrons. The molecule has 0 aliphatic carbocycles. The van der Waals surface area contributed by atoms with E-state index in [2.05, 4.69) is 30.4 Å². The van der Waals surface area contributed by atoms with Crippen molar-refractivity contribution < 1.29 is 0 Å². The van der Waals surface area contributed by atoms with Gasteiger partial charge in [0.1, 0.15) is 6.07 Å². The van der Waals surface area contributed by atoms with Crippen molar-refractivity contribution in [3.63, 3.8) is 0 Å². The largest absolute Gasteiger partial charge is 0.387 e. The second-order valence-corrected chi connectivity index (χ2v) is 4.22. The fourth-order valence-corrected chi connectivity index (χ4v) is 1.99. The van der Waals surface area contributed by atoms with Crippen LogP contribution in [0.5, 0.6) is 0 Å². The van der Waals surface area contributed by atoms with E-state index in [4.69, 9.17) is 0 Å². The lowest BCUT2D eigenvalue weighted by molar-refractivity contribution is 0.590. The molecule has 1 aromatic rings. The van der Waals surface area contributed by atoms with Crippen molar-refractivity contribution in [2.75, 3.05) is 6.54 Å². The van der Waals surface area contributed by atoms with Crippen LogP contribution in [0.3, 0.4) is 0 Å². The zero-order valence-electron chi connectivity index (χ0n) is 9.59. The van der Waals surface area contributed by atoms with Crippen LogP contribution >= 0.6 is 0 Å². The molecule has 0 bridgehead atoms. The monoisotopic (exact) mass is 212 g/mol. The molecule has 2 rings (SSSR count). The molecule has 1 aliphatic rings. The summed E-state index contributed by atoms with van der Waals surface area (Å²) in [6, 6.07) is 10.5. The summed E-state index contributed by atoms with van der Waals surface area (Å²) in [5, 5.41) is 12.6. The van der Waals surface area contributed by atoms with Gasteiger partial charge in [-0.25, -0.2) is 0 Å². The van der Waals surface area contributed by atoms with E-state index in [9.17, 15) is 5.26 Å². The smallest absolute Gasteiger partial charge is 0.102 e. The highest BCUT2D eigenvalue weighted by molar-refractivity contribution is 5.79. The SMILES string of the molecule is Cc1ccc(C(C#N)=C2CCCCN2)cc1. The number of nitrogens with zero attached hydrogens (tertiary/aromatic N) is 1. The van der Waals surface area contributed by atoms with E-state index < -0.39 is 0 Å². The maximum atomic E-state index is 9.25. The lowest BCUT2D eigenvalue weighted by Crippen LogP contribution is -2.21. The third-order valence-corrected chi connectivity index (χ3v) is 2.95. The van der Waals surface area contributed by atoms with Gasteiger partial charge in [-0.2, -0.15) is 5.26 Å². The van der Waals surface area contributed by atoms with Crippen molar-refractivity contribution >= 4 is 5.57 Å². The fourth-order valence-electron chi connectivity index (χ4n) is 1.99. The summed E-state index contributed by atoms with van der Waals surface area (Å²) in [7, 11) is 0. The average Bonchev–Trinajstić information content (AvgIpc) is 2.34. The first-order valence-corrected chi connectivity index (χ1v) is 5.75. The summed E-state index contributed by atoms with van der Waals surface area (Å²) in [4.78, 5) is 0. The number of allylic oxidation sites excluding steroid dienone is 2. The molecular weight excluding hydrogens is 196 g/mol. The molecule has 1 heterocycles. The van der Waals surface area contributed by atoms with Gasteiger partial charge in [0.15, 0.2) is 0 Å². The number of piperidine rings is 1. The van der Waals surface area contributed by atoms with E-state index in [0.717, 1.165) is 29.8 Å². The van der Waals surface area contributed by atoms with Crippen LogP contribution < -0.4 is 5.32 Å². The number of hydrogen-bond acceptors (Lipinski definition) is 2. The van der Waals surface area contributed by atoms with Crippen LogP contribution in [0.1, 0.15) is 30.4 Å². The van der Waals surface area contributed by atoms with Gasteiger partial charge in [0.05, 0.1) is 5.57 Å². The minimum absolute atomic E-state index is 0.805. The van der Waals surface area contributed by atoms with Gasteiger partial charge in [0.25, 0.3) is 0 Å². The number of nitriles is 1. The lowest BCUT2D eigenvalue weighted by Gasteiger charge is -2.18. The molecule has 0 saturated carbocycles. The molecule has 0 aromatic heterocycles. The standard InChI is InChI=1S/C14H16N2/c1-11-5-7-12(8-6-11)13(10-15)14-4-2-3-9-16-14/h5-8,16H,2-4,9H2,1H3. The molecule has 1 aliphatic heterocycles. The average molecular weight is 212 g/mol. The zero-order chi connectivity index (χ0) is 11.4.